The van der Waals surface area contributed by atoms with E-state index in [2.05, 4.69) is 29.6 Å². The molecule has 148 valence electrons. The van der Waals surface area contributed by atoms with E-state index in [0.29, 0.717) is 11.6 Å². The summed E-state index contributed by atoms with van der Waals surface area (Å²) in [6, 6.07) is 8.02. The second kappa shape index (κ2) is 8.46. The molecule has 10 heteroatoms. The number of aliphatic hydroxyl groups is 1. The minimum Gasteiger partial charge on any atom is -0.395 e. The Labute approximate surface area is 163 Å². The van der Waals surface area contributed by atoms with E-state index in [-0.39, 0.29) is 18.0 Å². The number of rotatable bonds is 8. The molecule has 0 saturated heterocycles. The van der Waals surface area contributed by atoms with Gasteiger partial charge in [-0.25, -0.2) is 28.1 Å². The first-order chi connectivity index (χ1) is 13.4. The Hall–Kier alpha value is -2.82. The van der Waals surface area contributed by atoms with Gasteiger partial charge in [-0.2, -0.15) is 0 Å². The van der Waals surface area contributed by atoms with Crippen LogP contribution in [0, 0.1) is 6.92 Å². The molecule has 0 bridgehead atoms. The van der Waals surface area contributed by atoms with Gasteiger partial charge in [-0.3, -0.25) is 0 Å². The second-order valence-electron chi connectivity index (χ2n) is 5.97. The first kappa shape index (κ1) is 19.9. The Bertz CT molecular complexity index is 1050. The van der Waals surface area contributed by atoms with Gasteiger partial charge in [-0.15, -0.1) is 0 Å². The number of aryl methyl sites for hydroxylation is 1. The fourth-order valence-corrected chi connectivity index (χ4v) is 3.76. The van der Waals surface area contributed by atoms with Crippen LogP contribution in [0.1, 0.15) is 12.7 Å². The fraction of sp³-hybridized carbons (Fsp3) is 0.278. The van der Waals surface area contributed by atoms with Crippen LogP contribution in [0.4, 0.5) is 11.6 Å². The summed E-state index contributed by atoms with van der Waals surface area (Å²) >= 11 is 0. The number of anilines is 2. The number of benzene rings is 1. The molecule has 0 aliphatic rings. The quantitative estimate of drug-likeness (QED) is 0.524. The van der Waals surface area contributed by atoms with Gasteiger partial charge in [0, 0.05) is 25.0 Å². The van der Waals surface area contributed by atoms with E-state index in [0.717, 1.165) is 23.8 Å². The smallest absolute Gasteiger partial charge is 0.240 e. The van der Waals surface area contributed by atoms with Crippen molar-refractivity contribution >= 4 is 21.7 Å². The monoisotopic (exact) mass is 402 g/mol. The van der Waals surface area contributed by atoms with E-state index in [1.807, 2.05) is 19.9 Å². The van der Waals surface area contributed by atoms with Gasteiger partial charge in [0.15, 0.2) is 0 Å². The summed E-state index contributed by atoms with van der Waals surface area (Å²) in [5, 5.41) is 11.8. The Balaban J connectivity index is 1.79. The number of sulfonamides is 1. The van der Waals surface area contributed by atoms with Crippen LogP contribution in [0.5, 0.6) is 0 Å². The maximum atomic E-state index is 12.0. The third-order valence-electron chi connectivity index (χ3n) is 4.11. The largest absolute Gasteiger partial charge is 0.395 e. The fourth-order valence-electron chi connectivity index (χ4n) is 2.74. The summed E-state index contributed by atoms with van der Waals surface area (Å²) in [5.41, 5.74) is 2.30. The highest BCUT2D eigenvalue weighted by Crippen LogP contribution is 2.21. The molecule has 0 fully saturated rings. The van der Waals surface area contributed by atoms with Crippen molar-refractivity contribution < 1.29 is 13.5 Å². The van der Waals surface area contributed by atoms with Crippen molar-refractivity contribution in [2.45, 2.75) is 25.3 Å². The molecule has 3 aromatic rings. The average Bonchev–Trinajstić information content (AvgIpc) is 3.07. The third-order valence-corrected chi connectivity index (χ3v) is 5.59. The molecule has 0 aliphatic heterocycles. The number of aromatic nitrogens is 4. The van der Waals surface area contributed by atoms with Crippen molar-refractivity contribution in [3.63, 3.8) is 0 Å². The summed E-state index contributed by atoms with van der Waals surface area (Å²) in [7, 11) is -3.64. The molecule has 0 amide bonds. The van der Waals surface area contributed by atoms with Crippen LogP contribution in [0.25, 0.3) is 11.4 Å². The predicted molar refractivity (Wildman–Crippen MR) is 106 cm³/mol. The van der Waals surface area contributed by atoms with Crippen LogP contribution in [0.15, 0.2) is 47.6 Å². The maximum absolute atomic E-state index is 12.0. The minimum absolute atomic E-state index is 0.0310. The first-order valence-corrected chi connectivity index (χ1v) is 10.3. The molecule has 2 aromatic heterocycles. The van der Waals surface area contributed by atoms with Crippen molar-refractivity contribution in [2.24, 2.45) is 0 Å². The van der Waals surface area contributed by atoms with Gasteiger partial charge in [0.1, 0.15) is 5.82 Å². The molecule has 9 nitrogen and oxygen atoms in total. The Morgan fingerprint density at radius 3 is 2.57 bits per heavy atom. The third kappa shape index (κ3) is 4.35. The van der Waals surface area contributed by atoms with Crippen molar-refractivity contribution in [2.75, 3.05) is 18.5 Å². The molecule has 1 aromatic carbocycles. The Morgan fingerprint density at radius 1 is 1.14 bits per heavy atom. The SMILES string of the molecule is CCn1c(-c2ccnc(Nc3ccc(S(=O)(=O)NCCO)cc3)n2)cnc1C. The van der Waals surface area contributed by atoms with Crippen LogP contribution in [-0.4, -0.2) is 46.2 Å². The molecular formula is C18H22N6O3S. The molecule has 3 N–H and O–H groups in total. The van der Waals surface area contributed by atoms with Gasteiger partial charge in [-0.1, -0.05) is 0 Å². The number of aliphatic hydroxyl groups excluding tert-OH is 1. The summed E-state index contributed by atoms with van der Waals surface area (Å²) in [6.07, 6.45) is 3.44. The lowest BCUT2D eigenvalue weighted by atomic mass is 10.3. The van der Waals surface area contributed by atoms with E-state index >= 15 is 0 Å². The van der Waals surface area contributed by atoms with Crippen LogP contribution in [0.3, 0.4) is 0 Å². The number of nitrogens with zero attached hydrogens (tertiary/aromatic N) is 4. The highest BCUT2D eigenvalue weighted by Gasteiger charge is 2.13. The molecule has 28 heavy (non-hydrogen) atoms. The summed E-state index contributed by atoms with van der Waals surface area (Å²) < 4.78 is 28.5. The highest BCUT2D eigenvalue weighted by molar-refractivity contribution is 7.89. The van der Waals surface area contributed by atoms with E-state index in [9.17, 15) is 8.42 Å². The van der Waals surface area contributed by atoms with Gasteiger partial charge >= 0.3 is 0 Å². The first-order valence-electron chi connectivity index (χ1n) is 8.77. The van der Waals surface area contributed by atoms with E-state index in [1.54, 1.807) is 24.5 Å². The normalized spacial score (nSPS) is 11.5. The number of hydrogen-bond acceptors (Lipinski definition) is 7. The number of nitrogens with one attached hydrogen (secondary N) is 2. The van der Waals surface area contributed by atoms with Crippen molar-refractivity contribution in [3.8, 4) is 11.4 Å². The van der Waals surface area contributed by atoms with Crippen molar-refractivity contribution in [3.05, 3.63) is 48.5 Å². The average molecular weight is 402 g/mol. The molecule has 0 saturated carbocycles. The molecule has 2 heterocycles. The van der Waals surface area contributed by atoms with Gasteiger partial charge in [-0.05, 0) is 44.2 Å². The zero-order valence-corrected chi connectivity index (χ0v) is 16.4. The van der Waals surface area contributed by atoms with Gasteiger partial charge in [0.25, 0.3) is 0 Å². The molecule has 0 spiro atoms. The highest BCUT2D eigenvalue weighted by atomic mass is 32.2. The van der Waals surface area contributed by atoms with Crippen LogP contribution >= 0.6 is 0 Å². The van der Waals surface area contributed by atoms with Crippen LogP contribution in [-0.2, 0) is 16.6 Å². The van der Waals surface area contributed by atoms with E-state index < -0.39 is 10.0 Å². The summed E-state index contributed by atoms with van der Waals surface area (Å²) in [5.74, 6) is 1.31. The van der Waals surface area contributed by atoms with Crippen molar-refractivity contribution in [1.82, 2.24) is 24.2 Å². The topological polar surface area (TPSA) is 122 Å². The predicted octanol–water partition coefficient (Wildman–Crippen LogP) is 1.68. The lowest BCUT2D eigenvalue weighted by molar-refractivity contribution is 0.301. The van der Waals surface area contributed by atoms with Crippen molar-refractivity contribution in [1.29, 1.82) is 0 Å². The maximum Gasteiger partial charge on any atom is 0.240 e. The number of hydrogen-bond donors (Lipinski definition) is 3. The lowest BCUT2D eigenvalue weighted by Crippen LogP contribution is -2.26. The summed E-state index contributed by atoms with van der Waals surface area (Å²) in [4.78, 5) is 13.2. The molecule has 0 radical (unpaired) electrons. The molecule has 3 rings (SSSR count). The van der Waals surface area contributed by atoms with E-state index in [1.165, 1.54) is 12.1 Å². The zero-order chi connectivity index (χ0) is 20.1. The van der Waals surface area contributed by atoms with Gasteiger partial charge in [0.2, 0.25) is 16.0 Å². The van der Waals surface area contributed by atoms with Crippen LogP contribution < -0.4 is 10.0 Å². The summed E-state index contributed by atoms with van der Waals surface area (Å²) in [6.45, 7) is 4.48. The molecule has 0 atom stereocenters. The van der Waals surface area contributed by atoms with Gasteiger partial charge in [0.05, 0.1) is 29.1 Å². The molecule has 0 unspecified atom stereocenters. The Kier molecular flexibility index (Phi) is 6.02. The number of imidazole rings is 1. The molecular weight excluding hydrogens is 380 g/mol. The molecule has 0 aliphatic carbocycles. The second-order valence-corrected chi connectivity index (χ2v) is 7.74. The Morgan fingerprint density at radius 2 is 1.89 bits per heavy atom. The van der Waals surface area contributed by atoms with E-state index in [4.69, 9.17) is 5.11 Å². The van der Waals surface area contributed by atoms with Crippen LogP contribution in [0.2, 0.25) is 0 Å². The standard InChI is InChI=1S/C18H22N6O3S/c1-3-24-13(2)20-12-17(24)16-8-9-19-18(23-16)22-14-4-6-15(7-5-14)28(26,27)21-10-11-25/h4-9,12,21,25H,3,10-11H2,1-2H3,(H,19,22,23). The minimum atomic E-state index is -3.64. The lowest BCUT2D eigenvalue weighted by Gasteiger charge is -2.10. The zero-order valence-electron chi connectivity index (χ0n) is 15.6. The van der Waals surface area contributed by atoms with Gasteiger partial charge < -0.3 is 15.0 Å².